The summed E-state index contributed by atoms with van der Waals surface area (Å²) in [5, 5.41) is 0. The van der Waals surface area contributed by atoms with Gasteiger partial charge in [0.15, 0.2) is 0 Å². The second-order valence-corrected chi connectivity index (χ2v) is 4.27. The van der Waals surface area contributed by atoms with Gasteiger partial charge in [-0.2, -0.15) is 0 Å². The molecule has 1 aromatic rings. The van der Waals surface area contributed by atoms with Crippen LogP contribution in [0.25, 0.3) is 0 Å². The van der Waals surface area contributed by atoms with Gasteiger partial charge in [-0.05, 0) is 6.92 Å². The fraction of sp³-hybridized carbons (Fsp3) is 0.333. The van der Waals surface area contributed by atoms with Gasteiger partial charge in [0, 0.05) is 18.9 Å². The highest BCUT2D eigenvalue weighted by molar-refractivity contribution is 5.80. The minimum absolute atomic E-state index is 0.235. The topological polar surface area (TPSA) is 52.6 Å². The van der Waals surface area contributed by atoms with Crippen LogP contribution in [0.5, 0.6) is 0 Å². The molecular formula is C15H18O4. The molecule has 0 N–H and O–H groups in total. The third kappa shape index (κ3) is 5.38. The predicted molar refractivity (Wildman–Crippen MR) is 71.3 cm³/mol. The molecule has 0 heterocycles. The lowest BCUT2D eigenvalue weighted by Crippen LogP contribution is -2.21. The average Bonchev–Trinajstić information content (AvgIpc) is 2.36. The monoisotopic (exact) mass is 262 g/mol. The molecule has 0 radical (unpaired) electrons. The number of carbonyl (C=O) groups is 2. The smallest absolute Gasteiger partial charge is 0.352 e. The number of ether oxygens (including phenoxy) is 2. The zero-order valence-corrected chi connectivity index (χ0v) is 11.2. The van der Waals surface area contributed by atoms with Crippen LogP contribution in [0.4, 0.5) is 0 Å². The Kier molecular flexibility index (Phi) is 5.79. The van der Waals surface area contributed by atoms with Crippen molar-refractivity contribution in [2.75, 3.05) is 6.61 Å². The van der Waals surface area contributed by atoms with E-state index < -0.39 is 18.0 Å². The zero-order valence-electron chi connectivity index (χ0n) is 11.2. The summed E-state index contributed by atoms with van der Waals surface area (Å²) in [7, 11) is 0. The molecule has 0 aliphatic carbocycles. The molecule has 1 unspecified atom stereocenters. The van der Waals surface area contributed by atoms with E-state index in [0.717, 1.165) is 5.57 Å². The summed E-state index contributed by atoms with van der Waals surface area (Å²) in [5.74, 6) is -1.09. The summed E-state index contributed by atoms with van der Waals surface area (Å²) >= 11 is 0. The number of hydrogen-bond donors (Lipinski definition) is 0. The first-order chi connectivity index (χ1) is 9.00. The third-order valence-electron chi connectivity index (χ3n) is 2.37. The quantitative estimate of drug-likeness (QED) is 0.584. The first-order valence-corrected chi connectivity index (χ1v) is 6.04. The zero-order chi connectivity index (χ0) is 14.3. The number of esters is 2. The average molecular weight is 262 g/mol. The van der Waals surface area contributed by atoms with E-state index in [-0.39, 0.29) is 6.61 Å². The van der Waals surface area contributed by atoms with Crippen molar-refractivity contribution in [3.05, 3.63) is 48.0 Å². The largest absolute Gasteiger partial charge is 0.462 e. The van der Waals surface area contributed by atoms with E-state index in [0.29, 0.717) is 12.0 Å². The van der Waals surface area contributed by atoms with Crippen molar-refractivity contribution in [2.45, 2.75) is 26.4 Å². The highest BCUT2D eigenvalue weighted by Crippen LogP contribution is 2.19. The van der Waals surface area contributed by atoms with Crippen molar-refractivity contribution < 1.29 is 19.1 Å². The second-order valence-electron chi connectivity index (χ2n) is 4.27. The Morgan fingerprint density at radius 3 is 2.37 bits per heavy atom. The molecule has 0 fully saturated rings. The molecule has 0 saturated carbocycles. The van der Waals surface area contributed by atoms with Crippen LogP contribution in [0.1, 0.15) is 31.9 Å². The number of benzene rings is 1. The standard InChI is InChI=1S/C15H18O4/c1-11(2)9-10-18-15(17)14(19-12(3)16)13-7-5-4-6-8-13/h4-8,14H,1,9-10H2,2-3H3. The van der Waals surface area contributed by atoms with E-state index in [2.05, 4.69) is 6.58 Å². The SMILES string of the molecule is C=C(C)CCOC(=O)C(OC(C)=O)c1ccccc1. The molecule has 4 heteroatoms. The Hall–Kier alpha value is -2.10. The Morgan fingerprint density at radius 1 is 1.21 bits per heavy atom. The van der Waals surface area contributed by atoms with Crippen molar-refractivity contribution >= 4 is 11.9 Å². The van der Waals surface area contributed by atoms with E-state index in [4.69, 9.17) is 9.47 Å². The van der Waals surface area contributed by atoms with Crippen LogP contribution < -0.4 is 0 Å². The van der Waals surface area contributed by atoms with Crippen molar-refractivity contribution in [2.24, 2.45) is 0 Å². The molecular weight excluding hydrogens is 244 g/mol. The Bertz CT molecular complexity index is 450. The van der Waals surface area contributed by atoms with E-state index in [1.807, 2.05) is 13.0 Å². The van der Waals surface area contributed by atoms with Crippen LogP contribution >= 0.6 is 0 Å². The summed E-state index contributed by atoms with van der Waals surface area (Å²) in [5.41, 5.74) is 1.52. The normalized spacial score (nSPS) is 11.5. The molecule has 19 heavy (non-hydrogen) atoms. The van der Waals surface area contributed by atoms with Crippen LogP contribution in [0, 0.1) is 0 Å². The summed E-state index contributed by atoms with van der Waals surface area (Å²) in [6.07, 6.45) is -0.420. The highest BCUT2D eigenvalue weighted by atomic mass is 16.6. The second kappa shape index (κ2) is 7.36. The van der Waals surface area contributed by atoms with E-state index in [9.17, 15) is 9.59 Å². The maximum Gasteiger partial charge on any atom is 0.352 e. The lowest BCUT2D eigenvalue weighted by Gasteiger charge is -2.16. The van der Waals surface area contributed by atoms with Crippen LogP contribution in [0.2, 0.25) is 0 Å². The first kappa shape index (κ1) is 15.0. The van der Waals surface area contributed by atoms with Crippen molar-refractivity contribution in [3.63, 3.8) is 0 Å². The van der Waals surface area contributed by atoms with Crippen molar-refractivity contribution in [1.29, 1.82) is 0 Å². The molecule has 0 aromatic heterocycles. The molecule has 0 spiro atoms. The highest BCUT2D eigenvalue weighted by Gasteiger charge is 2.25. The summed E-state index contributed by atoms with van der Waals surface area (Å²) in [6.45, 7) is 7.08. The Morgan fingerprint density at radius 2 is 1.84 bits per heavy atom. The molecule has 0 bridgehead atoms. The summed E-state index contributed by atoms with van der Waals surface area (Å²) in [4.78, 5) is 23.0. The summed E-state index contributed by atoms with van der Waals surface area (Å²) in [6, 6.07) is 8.79. The van der Waals surface area contributed by atoms with Gasteiger partial charge in [0.25, 0.3) is 0 Å². The fourth-order valence-electron chi connectivity index (χ4n) is 1.45. The molecule has 1 atom stereocenters. The lowest BCUT2D eigenvalue weighted by molar-refractivity contribution is -0.167. The van der Waals surface area contributed by atoms with Gasteiger partial charge >= 0.3 is 11.9 Å². The summed E-state index contributed by atoms with van der Waals surface area (Å²) < 4.78 is 10.1. The van der Waals surface area contributed by atoms with Gasteiger partial charge in [-0.1, -0.05) is 35.9 Å². The molecule has 0 aliphatic rings. The van der Waals surface area contributed by atoms with E-state index >= 15 is 0 Å². The molecule has 0 amide bonds. The van der Waals surface area contributed by atoms with Crippen LogP contribution in [0.15, 0.2) is 42.5 Å². The minimum atomic E-state index is -1.01. The number of carbonyl (C=O) groups excluding carboxylic acids is 2. The van der Waals surface area contributed by atoms with Gasteiger partial charge in [-0.15, -0.1) is 6.58 Å². The van der Waals surface area contributed by atoms with Gasteiger partial charge in [0.2, 0.25) is 6.10 Å². The molecule has 102 valence electrons. The molecule has 0 saturated heterocycles. The van der Waals surface area contributed by atoms with Gasteiger partial charge in [-0.25, -0.2) is 4.79 Å². The Labute approximate surface area is 113 Å². The molecule has 1 aromatic carbocycles. The van der Waals surface area contributed by atoms with Gasteiger partial charge < -0.3 is 9.47 Å². The van der Waals surface area contributed by atoms with E-state index in [1.165, 1.54) is 6.92 Å². The van der Waals surface area contributed by atoms with Crippen molar-refractivity contribution in [3.8, 4) is 0 Å². The molecule has 0 aliphatic heterocycles. The van der Waals surface area contributed by atoms with Crippen LogP contribution in [0.3, 0.4) is 0 Å². The van der Waals surface area contributed by atoms with Gasteiger partial charge in [-0.3, -0.25) is 4.79 Å². The first-order valence-electron chi connectivity index (χ1n) is 6.04. The Balaban J connectivity index is 2.71. The molecule has 4 nitrogen and oxygen atoms in total. The number of rotatable bonds is 6. The van der Waals surface area contributed by atoms with Crippen LogP contribution in [-0.2, 0) is 19.1 Å². The van der Waals surface area contributed by atoms with Crippen molar-refractivity contribution in [1.82, 2.24) is 0 Å². The van der Waals surface area contributed by atoms with Crippen LogP contribution in [-0.4, -0.2) is 18.5 Å². The predicted octanol–water partition coefficient (Wildman–Crippen LogP) is 2.80. The van der Waals surface area contributed by atoms with Gasteiger partial charge in [0.1, 0.15) is 0 Å². The fourth-order valence-corrected chi connectivity index (χ4v) is 1.45. The van der Waals surface area contributed by atoms with Gasteiger partial charge in [0.05, 0.1) is 6.61 Å². The third-order valence-corrected chi connectivity index (χ3v) is 2.37. The van der Waals surface area contributed by atoms with E-state index in [1.54, 1.807) is 24.3 Å². The lowest BCUT2D eigenvalue weighted by atomic mass is 10.1. The minimum Gasteiger partial charge on any atom is -0.462 e. The maximum atomic E-state index is 11.9. The number of hydrogen-bond acceptors (Lipinski definition) is 4. The maximum absolute atomic E-state index is 11.9. The molecule has 1 rings (SSSR count).